The second kappa shape index (κ2) is 10.3. The van der Waals surface area contributed by atoms with Gasteiger partial charge in [0.25, 0.3) is 0 Å². The molecular weight excluding hydrogens is 486 g/mol. The van der Waals surface area contributed by atoms with Crippen molar-refractivity contribution in [1.82, 2.24) is 4.90 Å². The van der Waals surface area contributed by atoms with Crippen LogP contribution in [0.25, 0.3) is 0 Å². The molecule has 1 aliphatic heterocycles. The Kier molecular flexibility index (Phi) is 9.21. The maximum absolute atomic E-state index is 13.1. The van der Waals surface area contributed by atoms with Crippen molar-refractivity contribution in [2.45, 2.75) is 68.2 Å². The third-order valence-corrected chi connectivity index (χ3v) is 7.20. The summed E-state index contributed by atoms with van der Waals surface area (Å²) >= 11 is 6.00. The number of rotatable bonds is 5. The Morgan fingerprint density at radius 2 is 1.82 bits per heavy atom. The maximum Gasteiger partial charge on any atom is 1.00 e. The minimum atomic E-state index is -4.63. The number of carboxylic acid groups (broad SMARTS) is 1. The molecule has 0 spiro atoms. The van der Waals surface area contributed by atoms with Crippen LogP contribution < -0.4 is 28.7 Å². The van der Waals surface area contributed by atoms with Crippen LogP contribution in [0.4, 0.5) is 18.0 Å². The molecule has 180 valence electrons. The summed E-state index contributed by atoms with van der Waals surface area (Å²) in [6.45, 7) is 4.97. The van der Waals surface area contributed by atoms with E-state index in [4.69, 9.17) is 21.1 Å². The Hall–Kier alpha value is -1.61. The van der Waals surface area contributed by atoms with Crippen molar-refractivity contribution >= 4 is 33.5 Å². The van der Waals surface area contributed by atoms with Gasteiger partial charge in [-0.25, -0.2) is 13.2 Å². The van der Waals surface area contributed by atoms with Crippen molar-refractivity contribution in [2.24, 2.45) is 0 Å². The number of carbonyl (C=O) groups excluding carboxylic acids is 2. The number of hydrogen-bond acceptors (Lipinski definition) is 7. The number of halogens is 4. The third kappa shape index (κ3) is 7.18. The molecule has 0 radical (unpaired) electrons. The van der Waals surface area contributed by atoms with E-state index in [0.29, 0.717) is 0 Å². The van der Waals surface area contributed by atoms with Crippen LogP contribution in [0.5, 0.6) is 5.75 Å². The van der Waals surface area contributed by atoms with Gasteiger partial charge in [0.05, 0.1) is 27.2 Å². The second-order valence-corrected chi connectivity index (χ2v) is 10.9. The van der Waals surface area contributed by atoms with E-state index < -0.39 is 74.0 Å². The molecule has 1 aliphatic rings. The molecule has 0 bridgehead atoms. The molecule has 1 amide bonds. The molecule has 1 unspecified atom stereocenters. The van der Waals surface area contributed by atoms with Crippen LogP contribution >= 0.6 is 11.6 Å². The van der Waals surface area contributed by atoms with E-state index >= 15 is 0 Å². The summed E-state index contributed by atoms with van der Waals surface area (Å²) in [5.41, 5.74) is -0.947. The number of carbonyl (C=O) groups is 2. The largest absolute Gasteiger partial charge is 1.00 e. The Bertz CT molecular complexity index is 998. The summed E-state index contributed by atoms with van der Waals surface area (Å²) < 4.78 is 74.0. The zero-order valence-electron chi connectivity index (χ0n) is 18.6. The van der Waals surface area contributed by atoms with E-state index in [2.05, 4.69) is 0 Å². The molecule has 8 nitrogen and oxygen atoms in total. The fourth-order valence-corrected chi connectivity index (χ4v) is 5.24. The van der Waals surface area contributed by atoms with Gasteiger partial charge in [0.15, 0.2) is 15.9 Å². The third-order valence-electron chi connectivity index (χ3n) is 4.59. The topological polar surface area (TPSA) is 113 Å². The van der Waals surface area contributed by atoms with Crippen LogP contribution in [0, 0.1) is 0 Å². The summed E-state index contributed by atoms with van der Waals surface area (Å²) in [5.74, 6) is -1.95. The maximum atomic E-state index is 13.1. The van der Waals surface area contributed by atoms with Crippen LogP contribution in [0.3, 0.4) is 0 Å². The summed E-state index contributed by atoms with van der Waals surface area (Å²) in [7, 11) is -4.27. The summed E-state index contributed by atoms with van der Waals surface area (Å²) in [6, 6.07) is 1.37. The van der Waals surface area contributed by atoms with E-state index in [0.717, 1.165) is 30.0 Å². The predicted molar refractivity (Wildman–Crippen MR) is 105 cm³/mol. The first-order chi connectivity index (χ1) is 14.4. The summed E-state index contributed by atoms with van der Waals surface area (Å²) in [5, 5.41) is 9.74. The van der Waals surface area contributed by atoms with Crippen molar-refractivity contribution in [3.05, 3.63) is 23.2 Å². The average molecular weight is 508 g/mol. The zero-order chi connectivity index (χ0) is 24.6. The van der Waals surface area contributed by atoms with Crippen molar-refractivity contribution < 1.29 is 64.6 Å². The molecule has 1 aromatic rings. The molecule has 3 atom stereocenters. The second-order valence-electron chi connectivity index (χ2n) is 8.26. The van der Waals surface area contributed by atoms with Crippen LogP contribution in [0.15, 0.2) is 23.1 Å². The van der Waals surface area contributed by atoms with E-state index in [1.54, 1.807) is 20.8 Å². The Labute approximate surface area is 206 Å². The number of nitrogens with zero attached hydrogens (tertiary/aromatic N) is 1. The molecule has 0 saturated carbocycles. The van der Waals surface area contributed by atoms with Crippen LogP contribution in [-0.2, 0) is 19.4 Å². The van der Waals surface area contributed by atoms with E-state index in [9.17, 15) is 36.3 Å². The van der Waals surface area contributed by atoms with Gasteiger partial charge < -0.3 is 19.4 Å². The van der Waals surface area contributed by atoms with Crippen molar-refractivity contribution in [3.63, 3.8) is 0 Å². The molecule has 0 aromatic heterocycles. The molecular formula is C19H22ClF3LiNO7S. The number of sulfone groups is 1. The molecule has 1 fully saturated rings. The molecule has 1 saturated heterocycles. The monoisotopic (exact) mass is 507 g/mol. The van der Waals surface area contributed by atoms with Crippen molar-refractivity contribution in [3.8, 4) is 5.75 Å². The molecule has 0 aliphatic carbocycles. The first kappa shape index (κ1) is 29.4. The minimum absolute atomic E-state index is 0. The van der Waals surface area contributed by atoms with Crippen LogP contribution in [0.1, 0.15) is 34.1 Å². The van der Waals surface area contributed by atoms with Crippen LogP contribution in [0.2, 0.25) is 5.02 Å². The van der Waals surface area contributed by atoms with Gasteiger partial charge in [0.2, 0.25) is 0 Å². The number of likely N-dealkylation sites (tertiary alicyclic amines) is 1. The number of alkyl halides is 3. The average Bonchev–Trinajstić information content (AvgIpc) is 3.06. The quantitative estimate of drug-likeness (QED) is 0.497. The molecule has 0 N–H and O–H groups in total. The van der Waals surface area contributed by atoms with Gasteiger partial charge in [-0.2, -0.15) is 13.2 Å². The Morgan fingerprint density at radius 3 is 2.27 bits per heavy atom. The molecule has 33 heavy (non-hydrogen) atoms. The van der Waals surface area contributed by atoms with Gasteiger partial charge >= 0.3 is 31.1 Å². The first-order valence-corrected chi connectivity index (χ1v) is 11.3. The van der Waals surface area contributed by atoms with E-state index in [-0.39, 0.29) is 24.6 Å². The molecule has 14 heteroatoms. The van der Waals surface area contributed by atoms with Gasteiger partial charge in [0, 0.05) is 12.6 Å². The molecule has 2 rings (SSSR count). The minimum Gasteiger partial charge on any atom is -0.548 e. The normalized spacial score (nSPS) is 20.1. The summed E-state index contributed by atoms with van der Waals surface area (Å²) in [6.07, 6.45) is -8.27. The number of carboxylic acids is 1. The zero-order valence-corrected chi connectivity index (χ0v) is 20.2. The smallest absolute Gasteiger partial charge is 0.548 e. The molecule has 1 heterocycles. The predicted octanol–water partition coefficient (Wildman–Crippen LogP) is -0.425. The SMILES string of the molecule is CC(Oc1ccc(S(=O)(=O)[C@@H]2C[C@@H](C(=O)[O-])N(C(=O)OC(C)(C)C)C2)c(Cl)c1)C(F)(F)F.[Li+]. The Balaban J connectivity index is 0.00000544. The number of ether oxygens (including phenoxy) is 2. The fourth-order valence-electron chi connectivity index (χ4n) is 3.00. The number of benzene rings is 1. The van der Waals surface area contributed by atoms with Gasteiger partial charge in [-0.3, -0.25) is 4.90 Å². The van der Waals surface area contributed by atoms with Crippen LogP contribution in [-0.4, -0.2) is 61.1 Å². The van der Waals surface area contributed by atoms with Gasteiger partial charge in [-0.1, -0.05) is 11.6 Å². The Morgan fingerprint density at radius 1 is 1.24 bits per heavy atom. The van der Waals surface area contributed by atoms with Gasteiger partial charge in [-0.15, -0.1) is 0 Å². The van der Waals surface area contributed by atoms with Crippen molar-refractivity contribution in [1.29, 1.82) is 0 Å². The standard InChI is InChI=1S/C19H23ClF3NO7S.Li/c1-10(19(21,22)23)30-11-5-6-15(13(20)7-11)32(28,29)12-8-14(16(25)26)24(9-12)17(27)31-18(2,3)4;/h5-7,10,12,14H,8-9H2,1-4H3,(H,25,26);/q;+1/p-1/t10?,12-,14+;/m1./s1. The van der Waals surface area contributed by atoms with E-state index in [1.807, 2.05) is 0 Å². The number of amides is 1. The van der Waals surface area contributed by atoms with Crippen molar-refractivity contribution in [2.75, 3.05) is 6.54 Å². The van der Waals surface area contributed by atoms with E-state index in [1.165, 1.54) is 0 Å². The first-order valence-electron chi connectivity index (χ1n) is 9.41. The summed E-state index contributed by atoms with van der Waals surface area (Å²) in [4.78, 5) is 24.2. The fraction of sp³-hybridized carbons (Fsp3) is 0.579. The van der Waals surface area contributed by atoms with Gasteiger partial charge in [-0.05, 0) is 46.2 Å². The van der Waals surface area contributed by atoms with Gasteiger partial charge in [0.1, 0.15) is 11.4 Å². The number of aliphatic carboxylic acids is 1. The number of hydrogen-bond donors (Lipinski definition) is 0. The molecule has 1 aromatic carbocycles.